The van der Waals surface area contributed by atoms with Crippen molar-refractivity contribution >= 4 is 29.6 Å². The Kier molecular flexibility index (Phi) is 13.8. The van der Waals surface area contributed by atoms with Gasteiger partial charge in [-0.05, 0) is 51.1 Å². The number of primary amides is 1. The minimum atomic E-state index is -1.59. The van der Waals surface area contributed by atoms with Crippen molar-refractivity contribution in [1.82, 2.24) is 16.0 Å². The standard InChI is InChI=1S/C24H38N6O7/c1-14(31)20(24(36)37)30-23(35)17(9-5-6-12-25)29-22(34)18(10-11-19(27)32)28-21(33)16(26)13-15-7-3-2-4-8-15/h2-4,7-8,14,16-18,20,31H,5-6,9-13,25-26H2,1H3,(H2,27,32)(H,28,33)(H,29,34)(H,30,35)(H,36,37). The fourth-order valence-electron chi connectivity index (χ4n) is 3.47. The van der Waals surface area contributed by atoms with E-state index in [0.717, 1.165) is 5.56 Å². The molecule has 206 valence electrons. The highest BCUT2D eigenvalue weighted by molar-refractivity contribution is 5.94. The van der Waals surface area contributed by atoms with E-state index in [9.17, 15) is 34.2 Å². The van der Waals surface area contributed by atoms with Crippen LogP contribution in [0.2, 0.25) is 0 Å². The first-order valence-electron chi connectivity index (χ1n) is 12.1. The van der Waals surface area contributed by atoms with Crippen molar-refractivity contribution in [2.75, 3.05) is 6.54 Å². The molecule has 4 amide bonds. The third-order valence-corrected chi connectivity index (χ3v) is 5.57. The summed E-state index contributed by atoms with van der Waals surface area (Å²) in [6.07, 6.45) is -0.471. The molecule has 1 rings (SSSR count). The van der Waals surface area contributed by atoms with Gasteiger partial charge in [-0.1, -0.05) is 30.3 Å². The SMILES string of the molecule is CC(O)C(NC(=O)C(CCCCN)NC(=O)C(CCC(N)=O)NC(=O)C(N)Cc1ccccc1)C(=O)O. The number of hydrogen-bond acceptors (Lipinski definition) is 8. The number of aliphatic hydroxyl groups is 1. The molecule has 0 heterocycles. The molecule has 5 unspecified atom stereocenters. The minimum Gasteiger partial charge on any atom is -0.480 e. The molecule has 0 aromatic heterocycles. The molecule has 13 heteroatoms. The first kappa shape index (κ1) is 31.5. The molecule has 0 aliphatic heterocycles. The second kappa shape index (κ2) is 16.2. The highest BCUT2D eigenvalue weighted by atomic mass is 16.4. The summed E-state index contributed by atoms with van der Waals surface area (Å²) in [5.41, 5.74) is 17.5. The summed E-state index contributed by atoms with van der Waals surface area (Å²) in [6, 6.07) is 4.00. The van der Waals surface area contributed by atoms with Gasteiger partial charge < -0.3 is 43.4 Å². The van der Waals surface area contributed by atoms with Crippen LogP contribution >= 0.6 is 0 Å². The average Bonchev–Trinajstić information content (AvgIpc) is 2.84. The van der Waals surface area contributed by atoms with E-state index in [2.05, 4.69) is 16.0 Å². The van der Waals surface area contributed by atoms with Crippen LogP contribution in [0, 0.1) is 0 Å². The Morgan fingerprint density at radius 1 is 0.892 bits per heavy atom. The maximum atomic E-state index is 13.1. The Labute approximate surface area is 215 Å². The van der Waals surface area contributed by atoms with Crippen LogP contribution in [0.3, 0.4) is 0 Å². The lowest BCUT2D eigenvalue weighted by Gasteiger charge is -2.25. The zero-order chi connectivity index (χ0) is 28.0. The summed E-state index contributed by atoms with van der Waals surface area (Å²) < 4.78 is 0. The molecule has 0 fully saturated rings. The first-order chi connectivity index (χ1) is 17.5. The largest absolute Gasteiger partial charge is 0.480 e. The van der Waals surface area contributed by atoms with Crippen molar-refractivity contribution in [2.45, 2.75) is 75.7 Å². The molecule has 0 bridgehead atoms. The monoisotopic (exact) mass is 522 g/mol. The van der Waals surface area contributed by atoms with E-state index in [1.165, 1.54) is 6.92 Å². The Balaban J connectivity index is 2.99. The molecule has 1 aromatic rings. The molecule has 0 aliphatic carbocycles. The molecule has 13 nitrogen and oxygen atoms in total. The maximum absolute atomic E-state index is 13.1. The smallest absolute Gasteiger partial charge is 0.328 e. The lowest BCUT2D eigenvalue weighted by molar-refractivity contribution is -0.145. The molecule has 0 spiro atoms. The number of amides is 4. The molecular formula is C24H38N6O7. The first-order valence-corrected chi connectivity index (χ1v) is 12.1. The van der Waals surface area contributed by atoms with Crippen LogP contribution < -0.4 is 33.2 Å². The van der Waals surface area contributed by atoms with Crippen molar-refractivity contribution < 1.29 is 34.2 Å². The van der Waals surface area contributed by atoms with Crippen LogP contribution in [0.4, 0.5) is 0 Å². The molecule has 0 aliphatic rings. The van der Waals surface area contributed by atoms with Crippen molar-refractivity contribution in [3.05, 3.63) is 35.9 Å². The van der Waals surface area contributed by atoms with E-state index in [0.29, 0.717) is 19.4 Å². The number of carbonyl (C=O) groups is 5. The lowest BCUT2D eigenvalue weighted by atomic mass is 10.0. The van der Waals surface area contributed by atoms with Crippen LogP contribution in [-0.4, -0.2) is 76.6 Å². The number of carbonyl (C=O) groups excluding carboxylic acids is 4. The predicted octanol–water partition coefficient (Wildman–Crippen LogP) is -2.13. The van der Waals surface area contributed by atoms with Gasteiger partial charge in [0, 0.05) is 6.42 Å². The molecule has 0 saturated carbocycles. The van der Waals surface area contributed by atoms with Gasteiger partial charge in [0.1, 0.15) is 12.1 Å². The van der Waals surface area contributed by atoms with Crippen molar-refractivity contribution in [3.63, 3.8) is 0 Å². The Hall–Kier alpha value is -3.55. The number of carboxylic acids is 1. The molecule has 0 radical (unpaired) electrons. The Morgan fingerprint density at radius 3 is 2.00 bits per heavy atom. The summed E-state index contributed by atoms with van der Waals surface area (Å²) in [6.45, 7) is 1.54. The molecular weight excluding hydrogens is 484 g/mol. The van der Waals surface area contributed by atoms with Gasteiger partial charge in [-0.25, -0.2) is 4.79 Å². The molecule has 1 aromatic carbocycles. The van der Waals surface area contributed by atoms with Gasteiger partial charge in [-0.2, -0.15) is 0 Å². The minimum absolute atomic E-state index is 0.116. The Bertz CT molecular complexity index is 912. The lowest BCUT2D eigenvalue weighted by Crippen LogP contribution is -2.58. The fourth-order valence-corrected chi connectivity index (χ4v) is 3.47. The number of benzene rings is 1. The number of hydrogen-bond donors (Lipinski definition) is 8. The van der Waals surface area contributed by atoms with Crippen molar-refractivity contribution in [3.8, 4) is 0 Å². The van der Waals surface area contributed by atoms with E-state index < -0.39 is 59.9 Å². The quantitative estimate of drug-likeness (QED) is 0.104. The van der Waals surface area contributed by atoms with E-state index in [4.69, 9.17) is 17.2 Å². The van der Waals surface area contributed by atoms with Crippen LogP contribution in [0.1, 0.15) is 44.6 Å². The number of carboxylic acid groups (broad SMARTS) is 1. The van der Waals surface area contributed by atoms with E-state index in [-0.39, 0.29) is 25.7 Å². The van der Waals surface area contributed by atoms with Gasteiger partial charge in [0.15, 0.2) is 6.04 Å². The van der Waals surface area contributed by atoms with E-state index in [1.807, 2.05) is 6.07 Å². The van der Waals surface area contributed by atoms with Crippen molar-refractivity contribution in [2.24, 2.45) is 17.2 Å². The molecule has 5 atom stereocenters. The summed E-state index contributed by atoms with van der Waals surface area (Å²) >= 11 is 0. The third kappa shape index (κ3) is 11.8. The topological polar surface area (TPSA) is 240 Å². The number of aliphatic hydroxyl groups excluding tert-OH is 1. The zero-order valence-corrected chi connectivity index (χ0v) is 20.9. The number of unbranched alkanes of at least 4 members (excludes halogenated alkanes) is 1. The summed E-state index contributed by atoms with van der Waals surface area (Å²) in [5, 5.41) is 26.2. The second-order valence-corrected chi connectivity index (χ2v) is 8.77. The van der Waals surface area contributed by atoms with Gasteiger partial charge in [0.25, 0.3) is 0 Å². The summed E-state index contributed by atoms with van der Waals surface area (Å²) in [5.74, 6) is -4.40. The van der Waals surface area contributed by atoms with Crippen LogP contribution in [0.25, 0.3) is 0 Å². The van der Waals surface area contributed by atoms with Gasteiger partial charge in [-0.3, -0.25) is 19.2 Å². The summed E-state index contributed by atoms with van der Waals surface area (Å²) in [4.78, 5) is 61.3. The van der Waals surface area contributed by atoms with E-state index in [1.54, 1.807) is 24.3 Å². The third-order valence-electron chi connectivity index (χ3n) is 5.57. The second-order valence-electron chi connectivity index (χ2n) is 8.77. The molecule has 37 heavy (non-hydrogen) atoms. The normalized spacial score (nSPS) is 14.9. The number of aliphatic carboxylic acids is 1. The van der Waals surface area contributed by atoms with Gasteiger partial charge in [0.2, 0.25) is 23.6 Å². The van der Waals surface area contributed by atoms with Crippen LogP contribution in [-0.2, 0) is 30.4 Å². The van der Waals surface area contributed by atoms with Gasteiger partial charge in [-0.15, -0.1) is 0 Å². The highest BCUT2D eigenvalue weighted by Gasteiger charge is 2.31. The number of rotatable bonds is 17. The van der Waals surface area contributed by atoms with Crippen LogP contribution in [0.5, 0.6) is 0 Å². The molecule has 0 saturated heterocycles. The number of nitrogens with two attached hydrogens (primary N) is 3. The highest BCUT2D eigenvalue weighted by Crippen LogP contribution is 2.07. The fraction of sp³-hybridized carbons (Fsp3) is 0.542. The molecule has 11 N–H and O–H groups in total. The zero-order valence-electron chi connectivity index (χ0n) is 20.9. The average molecular weight is 523 g/mol. The van der Waals surface area contributed by atoms with Crippen molar-refractivity contribution in [1.29, 1.82) is 0 Å². The summed E-state index contributed by atoms with van der Waals surface area (Å²) in [7, 11) is 0. The maximum Gasteiger partial charge on any atom is 0.328 e. The van der Waals surface area contributed by atoms with Gasteiger partial charge >= 0.3 is 5.97 Å². The van der Waals surface area contributed by atoms with E-state index >= 15 is 0 Å². The number of nitrogens with one attached hydrogen (secondary N) is 3. The Morgan fingerprint density at radius 2 is 1.46 bits per heavy atom. The van der Waals surface area contributed by atoms with Gasteiger partial charge in [0.05, 0.1) is 12.1 Å². The van der Waals surface area contributed by atoms with Crippen LogP contribution in [0.15, 0.2) is 30.3 Å². The predicted molar refractivity (Wildman–Crippen MR) is 135 cm³/mol.